The van der Waals surface area contributed by atoms with Gasteiger partial charge in [0.15, 0.2) is 17.4 Å². The number of methoxy groups -OCH3 is 1. The summed E-state index contributed by atoms with van der Waals surface area (Å²) in [6.45, 7) is 3.74. The van der Waals surface area contributed by atoms with E-state index in [1.54, 1.807) is 0 Å². The van der Waals surface area contributed by atoms with Crippen LogP contribution in [0.3, 0.4) is 0 Å². The van der Waals surface area contributed by atoms with E-state index in [-0.39, 0.29) is 12.5 Å². The number of carbonyl (C=O) groups is 1. The maximum absolute atomic E-state index is 13.1. The Morgan fingerprint density at radius 1 is 1.37 bits per heavy atom. The van der Waals surface area contributed by atoms with E-state index in [2.05, 4.69) is 10.1 Å². The molecule has 0 aromatic heterocycles. The second-order valence-corrected chi connectivity index (χ2v) is 4.53. The lowest BCUT2D eigenvalue weighted by Gasteiger charge is -2.19. The quantitative estimate of drug-likeness (QED) is 0.805. The van der Waals surface area contributed by atoms with E-state index >= 15 is 0 Å². The number of esters is 1. The molecule has 0 aliphatic rings. The zero-order chi connectivity index (χ0) is 14.6. The van der Waals surface area contributed by atoms with Crippen molar-refractivity contribution in [3.05, 3.63) is 29.3 Å². The van der Waals surface area contributed by atoms with Gasteiger partial charge >= 0.3 is 5.97 Å². The topological polar surface area (TPSA) is 58.6 Å². The van der Waals surface area contributed by atoms with Crippen LogP contribution in [0, 0.1) is 17.6 Å². The molecule has 0 bridgehead atoms. The molecule has 0 saturated carbocycles. The lowest BCUT2D eigenvalue weighted by atomic mass is 10.0. The fourth-order valence-electron chi connectivity index (χ4n) is 1.67. The van der Waals surface area contributed by atoms with Gasteiger partial charge in [-0.15, -0.1) is 0 Å². The number of nitrogens with one attached hydrogen (secondary N) is 1. The van der Waals surface area contributed by atoms with E-state index in [0.29, 0.717) is 5.56 Å². The zero-order valence-electron chi connectivity index (χ0n) is 11.0. The highest BCUT2D eigenvalue weighted by atomic mass is 19.1. The summed E-state index contributed by atoms with van der Waals surface area (Å²) in [4.78, 5) is 11.5. The van der Waals surface area contributed by atoms with Gasteiger partial charge in [-0.05, 0) is 23.6 Å². The first-order chi connectivity index (χ1) is 8.86. The molecule has 0 amide bonds. The summed E-state index contributed by atoms with van der Waals surface area (Å²) < 4.78 is 30.9. The van der Waals surface area contributed by atoms with Crippen LogP contribution in [0.2, 0.25) is 0 Å². The molecule has 19 heavy (non-hydrogen) atoms. The van der Waals surface area contributed by atoms with Gasteiger partial charge in [0.2, 0.25) is 0 Å². The maximum atomic E-state index is 13.1. The Labute approximate surface area is 110 Å². The molecule has 0 aliphatic heterocycles. The third kappa shape index (κ3) is 3.89. The highest BCUT2D eigenvalue weighted by molar-refractivity contribution is 5.75. The van der Waals surface area contributed by atoms with Gasteiger partial charge in [0.25, 0.3) is 0 Å². The Balaban J connectivity index is 2.77. The number of halogens is 2. The van der Waals surface area contributed by atoms with Crippen molar-refractivity contribution in [1.29, 1.82) is 0 Å². The first-order valence-electron chi connectivity index (χ1n) is 5.85. The Kier molecular flexibility index (Phi) is 5.23. The summed E-state index contributed by atoms with van der Waals surface area (Å²) in [5.41, 5.74) is 0.294. The van der Waals surface area contributed by atoms with Crippen molar-refractivity contribution in [2.24, 2.45) is 5.92 Å². The van der Waals surface area contributed by atoms with Gasteiger partial charge in [0.1, 0.15) is 6.04 Å². The monoisotopic (exact) mass is 273 g/mol. The average molecular weight is 273 g/mol. The molecule has 1 aromatic rings. The Hall–Kier alpha value is -1.69. The fourth-order valence-corrected chi connectivity index (χ4v) is 1.67. The number of hydrogen-bond acceptors (Lipinski definition) is 4. The molecule has 2 N–H and O–H groups in total. The molecule has 106 valence electrons. The van der Waals surface area contributed by atoms with E-state index in [1.807, 2.05) is 13.8 Å². The lowest BCUT2D eigenvalue weighted by Crippen LogP contribution is -2.41. The van der Waals surface area contributed by atoms with Crippen LogP contribution in [-0.4, -0.2) is 24.2 Å². The minimum absolute atomic E-state index is 0.0285. The summed E-state index contributed by atoms with van der Waals surface area (Å²) in [6.07, 6.45) is 0. The molecule has 6 heteroatoms. The predicted molar refractivity (Wildman–Crippen MR) is 65.5 cm³/mol. The van der Waals surface area contributed by atoms with Crippen LogP contribution < -0.4 is 5.32 Å². The van der Waals surface area contributed by atoms with Crippen LogP contribution in [0.5, 0.6) is 5.75 Å². The lowest BCUT2D eigenvalue weighted by molar-refractivity contribution is -0.144. The second-order valence-electron chi connectivity index (χ2n) is 4.53. The molecule has 0 fully saturated rings. The average Bonchev–Trinajstić information content (AvgIpc) is 2.35. The summed E-state index contributed by atoms with van der Waals surface area (Å²) in [5.74, 6) is -3.53. The van der Waals surface area contributed by atoms with E-state index in [4.69, 9.17) is 5.11 Å². The highest BCUT2D eigenvalue weighted by Gasteiger charge is 2.22. The van der Waals surface area contributed by atoms with Gasteiger partial charge in [0.05, 0.1) is 7.11 Å². The highest BCUT2D eigenvalue weighted by Crippen LogP contribution is 2.21. The first-order valence-corrected chi connectivity index (χ1v) is 5.85. The summed E-state index contributed by atoms with van der Waals surface area (Å²) in [7, 11) is 1.28. The van der Waals surface area contributed by atoms with E-state index < -0.39 is 29.4 Å². The van der Waals surface area contributed by atoms with Crippen LogP contribution in [0.25, 0.3) is 0 Å². The van der Waals surface area contributed by atoms with Crippen molar-refractivity contribution in [2.75, 3.05) is 7.11 Å². The third-order valence-corrected chi connectivity index (χ3v) is 2.72. The number of aromatic hydroxyl groups is 1. The van der Waals surface area contributed by atoms with Crippen molar-refractivity contribution >= 4 is 5.97 Å². The van der Waals surface area contributed by atoms with Gasteiger partial charge in [-0.1, -0.05) is 13.8 Å². The summed E-state index contributed by atoms with van der Waals surface area (Å²) >= 11 is 0. The molecule has 0 radical (unpaired) electrons. The largest absolute Gasteiger partial charge is 0.503 e. The molecule has 4 nitrogen and oxygen atoms in total. The minimum Gasteiger partial charge on any atom is -0.503 e. The fraction of sp³-hybridized carbons (Fsp3) is 0.462. The molecule has 1 atom stereocenters. The minimum atomic E-state index is -1.03. The number of phenolic OH excluding ortho intramolecular Hbond substituents is 1. The van der Waals surface area contributed by atoms with Gasteiger partial charge in [-0.2, -0.15) is 0 Å². The van der Waals surface area contributed by atoms with Crippen LogP contribution in [0.4, 0.5) is 8.78 Å². The molecule has 0 heterocycles. The Morgan fingerprint density at radius 2 is 1.89 bits per heavy atom. The summed E-state index contributed by atoms with van der Waals surface area (Å²) in [5, 5.41) is 11.8. The molecular weight excluding hydrogens is 256 g/mol. The van der Waals surface area contributed by atoms with Crippen molar-refractivity contribution in [3.63, 3.8) is 0 Å². The van der Waals surface area contributed by atoms with E-state index in [0.717, 1.165) is 12.1 Å². The van der Waals surface area contributed by atoms with Crippen LogP contribution in [0.15, 0.2) is 12.1 Å². The third-order valence-electron chi connectivity index (χ3n) is 2.72. The van der Waals surface area contributed by atoms with Crippen molar-refractivity contribution < 1.29 is 23.4 Å². The zero-order valence-corrected chi connectivity index (χ0v) is 11.0. The van der Waals surface area contributed by atoms with Crippen molar-refractivity contribution in [3.8, 4) is 5.75 Å². The molecule has 1 rings (SSSR count). The van der Waals surface area contributed by atoms with Crippen LogP contribution >= 0.6 is 0 Å². The Bertz CT molecular complexity index is 440. The number of ether oxygens (including phenoxy) is 1. The molecule has 0 aliphatic carbocycles. The Morgan fingerprint density at radius 3 is 2.32 bits per heavy atom. The SMILES string of the molecule is COC(=O)[C@@H](NCc1cc(F)c(O)c(F)c1)C(C)C. The normalized spacial score (nSPS) is 12.5. The molecule has 0 saturated heterocycles. The predicted octanol–water partition coefficient (Wildman–Crippen LogP) is 1.96. The number of rotatable bonds is 5. The van der Waals surface area contributed by atoms with Crippen LogP contribution in [-0.2, 0) is 16.1 Å². The van der Waals surface area contributed by atoms with Gasteiger partial charge in [0, 0.05) is 6.54 Å². The van der Waals surface area contributed by atoms with E-state index in [1.165, 1.54) is 7.11 Å². The van der Waals surface area contributed by atoms with Gasteiger partial charge < -0.3 is 15.2 Å². The summed E-state index contributed by atoms with van der Waals surface area (Å²) in [6, 6.07) is 1.46. The number of phenols is 1. The second kappa shape index (κ2) is 6.47. The van der Waals surface area contributed by atoms with Gasteiger partial charge in [-0.3, -0.25) is 4.79 Å². The molecule has 1 aromatic carbocycles. The molecular formula is C13H17F2NO3. The smallest absolute Gasteiger partial charge is 0.323 e. The van der Waals surface area contributed by atoms with Crippen molar-refractivity contribution in [1.82, 2.24) is 5.32 Å². The standard InChI is InChI=1S/C13H17F2NO3/c1-7(2)11(13(18)19-3)16-6-8-4-9(14)12(17)10(15)5-8/h4-5,7,11,16-17H,6H2,1-3H3/t11-/m0/s1. The van der Waals surface area contributed by atoms with Gasteiger partial charge in [-0.25, -0.2) is 8.78 Å². The molecule has 0 unspecified atom stereocenters. The van der Waals surface area contributed by atoms with Crippen LogP contribution in [0.1, 0.15) is 19.4 Å². The number of hydrogen-bond donors (Lipinski definition) is 2. The number of carbonyl (C=O) groups excluding carboxylic acids is 1. The number of benzene rings is 1. The van der Waals surface area contributed by atoms with Crippen molar-refractivity contribution in [2.45, 2.75) is 26.4 Å². The van der Waals surface area contributed by atoms with E-state index in [9.17, 15) is 13.6 Å². The first kappa shape index (κ1) is 15.4. The molecule has 0 spiro atoms. The maximum Gasteiger partial charge on any atom is 0.323 e.